The quantitative estimate of drug-likeness (QED) is 0.601. The molecule has 0 saturated heterocycles. The first-order chi connectivity index (χ1) is 10.5. The van der Waals surface area contributed by atoms with Gasteiger partial charge in [0, 0.05) is 13.1 Å². The number of aryl methyl sites for hydroxylation is 1. The van der Waals surface area contributed by atoms with Gasteiger partial charge < -0.3 is 21.5 Å². The Bertz CT molecular complexity index is 645. The third-order valence-corrected chi connectivity index (χ3v) is 3.02. The van der Waals surface area contributed by atoms with Gasteiger partial charge in [-0.15, -0.1) is 0 Å². The van der Waals surface area contributed by atoms with E-state index in [4.69, 9.17) is 5.73 Å². The summed E-state index contributed by atoms with van der Waals surface area (Å²) in [5.41, 5.74) is 7.93. The van der Waals surface area contributed by atoms with Gasteiger partial charge in [-0.1, -0.05) is 13.3 Å². The minimum absolute atomic E-state index is 0.225. The number of nitrogens with one attached hydrogen (secondary N) is 2. The van der Waals surface area contributed by atoms with Crippen molar-refractivity contribution in [3.63, 3.8) is 0 Å². The van der Waals surface area contributed by atoms with Gasteiger partial charge in [0.2, 0.25) is 11.9 Å². The maximum atomic E-state index is 9.40. The Morgan fingerprint density at radius 3 is 2.50 bits per heavy atom. The third kappa shape index (κ3) is 3.70. The minimum atomic E-state index is -0.486. The highest BCUT2D eigenvalue weighted by Crippen LogP contribution is 2.24. The SMILES string of the molecule is CCCc1nc(N)nc2c(NCC)nc(NC[C@H](C)O)nc12. The molecule has 5 N–H and O–H groups in total. The fourth-order valence-corrected chi connectivity index (χ4v) is 2.11. The smallest absolute Gasteiger partial charge is 0.225 e. The molecule has 0 amide bonds. The molecule has 2 aromatic rings. The molecule has 22 heavy (non-hydrogen) atoms. The van der Waals surface area contributed by atoms with Gasteiger partial charge in [-0.25, -0.2) is 15.0 Å². The Balaban J connectivity index is 2.55. The summed E-state index contributed by atoms with van der Waals surface area (Å²) < 4.78 is 0. The fraction of sp³-hybridized carbons (Fsp3) is 0.571. The normalized spacial score (nSPS) is 12.4. The monoisotopic (exact) mass is 305 g/mol. The average Bonchev–Trinajstić information content (AvgIpc) is 2.46. The van der Waals surface area contributed by atoms with Crippen LogP contribution in [0.15, 0.2) is 0 Å². The third-order valence-electron chi connectivity index (χ3n) is 3.02. The van der Waals surface area contributed by atoms with Gasteiger partial charge in [0.15, 0.2) is 5.82 Å². The van der Waals surface area contributed by atoms with Crippen molar-refractivity contribution in [2.75, 3.05) is 29.5 Å². The van der Waals surface area contributed by atoms with Crippen molar-refractivity contribution in [2.24, 2.45) is 0 Å². The Labute approximate surface area is 129 Å². The van der Waals surface area contributed by atoms with Crippen LogP contribution in [-0.4, -0.2) is 44.2 Å². The Hall–Kier alpha value is -2.22. The van der Waals surface area contributed by atoms with E-state index in [1.165, 1.54) is 0 Å². The second-order valence-electron chi connectivity index (χ2n) is 5.13. The average molecular weight is 305 g/mol. The van der Waals surface area contributed by atoms with Crippen molar-refractivity contribution in [1.82, 2.24) is 19.9 Å². The van der Waals surface area contributed by atoms with Crippen molar-refractivity contribution < 1.29 is 5.11 Å². The minimum Gasteiger partial charge on any atom is -0.392 e. The lowest BCUT2D eigenvalue weighted by atomic mass is 10.2. The summed E-state index contributed by atoms with van der Waals surface area (Å²) in [5, 5.41) is 15.6. The van der Waals surface area contributed by atoms with Gasteiger partial charge in [0.25, 0.3) is 0 Å². The summed E-state index contributed by atoms with van der Waals surface area (Å²) in [6, 6.07) is 0. The van der Waals surface area contributed by atoms with E-state index in [1.807, 2.05) is 6.92 Å². The molecule has 0 unspecified atom stereocenters. The summed E-state index contributed by atoms with van der Waals surface area (Å²) >= 11 is 0. The zero-order valence-corrected chi connectivity index (χ0v) is 13.2. The first kappa shape index (κ1) is 16.2. The molecular formula is C14H23N7O. The molecule has 0 aromatic carbocycles. The Morgan fingerprint density at radius 2 is 1.86 bits per heavy atom. The number of aliphatic hydroxyl groups excluding tert-OH is 1. The number of aliphatic hydroxyl groups is 1. The van der Waals surface area contributed by atoms with E-state index >= 15 is 0 Å². The van der Waals surface area contributed by atoms with Crippen LogP contribution in [0.5, 0.6) is 0 Å². The van der Waals surface area contributed by atoms with Crippen molar-refractivity contribution in [2.45, 2.75) is 39.7 Å². The first-order valence-electron chi connectivity index (χ1n) is 7.55. The van der Waals surface area contributed by atoms with Gasteiger partial charge in [0.1, 0.15) is 11.0 Å². The van der Waals surface area contributed by atoms with Gasteiger partial charge in [-0.3, -0.25) is 0 Å². The van der Waals surface area contributed by atoms with Crippen LogP contribution in [0.1, 0.15) is 32.9 Å². The van der Waals surface area contributed by atoms with Crippen LogP contribution in [0.4, 0.5) is 17.7 Å². The number of nitrogens with zero attached hydrogens (tertiary/aromatic N) is 4. The molecule has 0 aliphatic heterocycles. The molecule has 0 fully saturated rings. The molecule has 0 saturated carbocycles. The predicted molar refractivity (Wildman–Crippen MR) is 87.9 cm³/mol. The van der Waals surface area contributed by atoms with Gasteiger partial charge in [0.05, 0.1) is 11.8 Å². The maximum Gasteiger partial charge on any atom is 0.225 e. The fourth-order valence-electron chi connectivity index (χ4n) is 2.11. The Morgan fingerprint density at radius 1 is 1.09 bits per heavy atom. The molecule has 2 aromatic heterocycles. The highest BCUT2D eigenvalue weighted by molar-refractivity contribution is 5.88. The van der Waals surface area contributed by atoms with Crippen molar-refractivity contribution >= 4 is 28.7 Å². The molecular weight excluding hydrogens is 282 g/mol. The summed E-state index contributed by atoms with van der Waals surface area (Å²) in [5.74, 6) is 1.28. The summed E-state index contributed by atoms with van der Waals surface area (Å²) in [7, 11) is 0. The standard InChI is InChI=1S/C14H23N7O/c1-4-6-9-10-11(19-13(15)18-9)12(16-5-2)21-14(20-10)17-7-8(3)22/h8,22H,4-7H2,1-3H3,(H2,15,18,19)(H2,16,17,20,21)/t8-/m0/s1. The van der Waals surface area contributed by atoms with Gasteiger partial charge in [-0.05, 0) is 20.3 Å². The molecule has 2 heterocycles. The van der Waals surface area contributed by atoms with Crippen LogP contribution in [0.2, 0.25) is 0 Å². The Kier molecular flexibility index (Phi) is 5.26. The van der Waals surface area contributed by atoms with Crippen LogP contribution < -0.4 is 16.4 Å². The number of rotatable bonds is 7. The van der Waals surface area contributed by atoms with Crippen molar-refractivity contribution in [3.05, 3.63) is 5.69 Å². The molecule has 120 valence electrons. The second-order valence-corrected chi connectivity index (χ2v) is 5.13. The molecule has 0 aliphatic carbocycles. The zero-order chi connectivity index (χ0) is 16.1. The van der Waals surface area contributed by atoms with Crippen LogP contribution >= 0.6 is 0 Å². The maximum absolute atomic E-state index is 9.40. The number of hydrogen-bond acceptors (Lipinski definition) is 8. The number of fused-ring (bicyclic) bond motifs is 1. The largest absolute Gasteiger partial charge is 0.392 e. The predicted octanol–water partition coefficient (Wildman–Crippen LogP) is 1.18. The molecule has 8 heteroatoms. The topological polar surface area (TPSA) is 122 Å². The van der Waals surface area contributed by atoms with E-state index in [9.17, 15) is 5.11 Å². The number of nitrogens with two attached hydrogens (primary N) is 1. The van der Waals surface area contributed by atoms with E-state index in [1.54, 1.807) is 6.92 Å². The number of aromatic nitrogens is 4. The van der Waals surface area contributed by atoms with E-state index < -0.39 is 6.10 Å². The number of anilines is 3. The highest BCUT2D eigenvalue weighted by atomic mass is 16.3. The van der Waals surface area contributed by atoms with Crippen LogP contribution in [0.25, 0.3) is 11.0 Å². The molecule has 2 rings (SSSR count). The lowest BCUT2D eigenvalue weighted by Gasteiger charge is -2.13. The lowest BCUT2D eigenvalue weighted by molar-refractivity contribution is 0.208. The summed E-state index contributed by atoms with van der Waals surface area (Å²) in [6.45, 7) is 6.83. The number of hydrogen-bond donors (Lipinski definition) is 4. The zero-order valence-electron chi connectivity index (χ0n) is 13.2. The molecule has 0 radical (unpaired) electrons. The first-order valence-corrected chi connectivity index (χ1v) is 7.55. The van der Waals surface area contributed by atoms with Crippen molar-refractivity contribution in [1.29, 1.82) is 0 Å². The highest BCUT2D eigenvalue weighted by Gasteiger charge is 2.14. The van der Waals surface area contributed by atoms with E-state index in [0.29, 0.717) is 35.9 Å². The number of nitrogen functional groups attached to an aromatic ring is 1. The molecule has 0 bridgehead atoms. The molecule has 0 aliphatic rings. The van der Waals surface area contributed by atoms with Crippen LogP contribution in [0.3, 0.4) is 0 Å². The van der Waals surface area contributed by atoms with E-state index in [-0.39, 0.29) is 5.95 Å². The van der Waals surface area contributed by atoms with Crippen LogP contribution in [0, 0.1) is 0 Å². The molecule has 1 atom stereocenters. The van der Waals surface area contributed by atoms with E-state index in [2.05, 4.69) is 37.5 Å². The summed E-state index contributed by atoms with van der Waals surface area (Å²) in [6.07, 6.45) is 1.21. The lowest BCUT2D eigenvalue weighted by Crippen LogP contribution is -2.18. The molecule has 0 spiro atoms. The van der Waals surface area contributed by atoms with Crippen molar-refractivity contribution in [3.8, 4) is 0 Å². The van der Waals surface area contributed by atoms with Crippen LogP contribution in [-0.2, 0) is 6.42 Å². The second kappa shape index (κ2) is 7.17. The van der Waals surface area contributed by atoms with E-state index in [0.717, 1.165) is 18.5 Å². The van der Waals surface area contributed by atoms with Gasteiger partial charge in [-0.2, -0.15) is 4.98 Å². The van der Waals surface area contributed by atoms with Gasteiger partial charge >= 0.3 is 0 Å². The molecule has 8 nitrogen and oxygen atoms in total. The summed E-state index contributed by atoms with van der Waals surface area (Å²) in [4.78, 5) is 17.5.